The van der Waals surface area contributed by atoms with E-state index < -0.39 is 0 Å². The molecular formula is C22H31N3O3. The third kappa shape index (κ3) is 3.25. The maximum Gasteiger partial charge on any atom is 0.254 e. The molecule has 0 saturated carbocycles. The molecule has 6 heteroatoms. The largest absolute Gasteiger partial charge is 0.479 e. The average molecular weight is 386 g/mol. The van der Waals surface area contributed by atoms with Crippen LogP contribution in [0.25, 0.3) is 0 Å². The maximum absolute atomic E-state index is 13.1. The Hall–Kier alpha value is -1.82. The molecule has 0 N–H and O–H groups in total. The number of likely N-dealkylation sites (tertiary alicyclic amines) is 1. The predicted octanol–water partition coefficient (Wildman–Crippen LogP) is 3.04. The van der Waals surface area contributed by atoms with Crippen molar-refractivity contribution in [3.05, 3.63) is 23.5 Å². The van der Waals surface area contributed by atoms with Crippen LogP contribution in [0.15, 0.2) is 22.2 Å². The van der Waals surface area contributed by atoms with Crippen molar-refractivity contribution < 1.29 is 14.1 Å². The fraction of sp³-hybridized carbons (Fsp3) is 0.727. The number of aromatic nitrogens is 1. The molecule has 1 aliphatic carbocycles. The molecular weight excluding hydrogens is 354 g/mol. The molecule has 4 heterocycles. The quantitative estimate of drug-likeness (QED) is 0.746. The van der Waals surface area contributed by atoms with Crippen molar-refractivity contribution in [3.63, 3.8) is 0 Å². The Labute approximate surface area is 166 Å². The molecule has 5 rings (SSSR count). The van der Waals surface area contributed by atoms with Crippen molar-refractivity contribution >= 4 is 5.91 Å². The van der Waals surface area contributed by atoms with Gasteiger partial charge in [-0.15, -0.1) is 0 Å². The summed E-state index contributed by atoms with van der Waals surface area (Å²) in [6.45, 7) is 3.31. The van der Waals surface area contributed by atoms with E-state index in [1.54, 1.807) is 18.7 Å². The molecule has 6 nitrogen and oxygen atoms in total. The van der Waals surface area contributed by atoms with Gasteiger partial charge in [-0.2, -0.15) is 0 Å². The summed E-state index contributed by atoms with van der Waals surface area (Å²) in [7, 11) is 1.57. The van der Waals surface area contributed by atoms with E-state index in [9.17, 15) is 4.79 Å². The van der Waals surface area contributed by atoms with Crippen molar-refractivity contribution in [1.82, 2.24) is 15.0 Å². The lowest BCUT2D eigenvalue weighted by atomic mass is 9.68. The summed E-state index contributed by atoms with van der Waals surface area (Å²) in [5.74, 6) is 2.76. The summed E-state index contributed by atoms with van der Waals surface area (Å²) in [4.78, 5) is 18.1. The third-order valence-corrected chi connectivity index (χ3v) is 7.31. The van der Waals surface area contributed by atoms with Crippen LogP contribution >= 0.6 is 0 Å². The second-order valence-electron chi connectivity index (χ2n) is 8.93. The zero-order valence-corrected chi connectivity index (χ0v) is 16.8. The number of piperidine rings is 3. The highest BCUT2D eigenvalue weighted by Crippen LogP contribution is 2.45. The highest BCUT2D eigenvalue weighted by molar-refractivity contribution is 5.77. The van der Waals surface area contributed by atoms with Crippen LogP contribution in [0.3, 0.4) is 0 Å². The van der Waals surface area contributed by atoms with Gasteiger partial charge in [-0.1, -0.05) is 18.1 Å². The number of carbonyl (C=O) groups excluding carboxylic acids is 1. The van der Waals surface area contributed by atoms with Crippen LogP contribution in [0.4, 0.5) is 0 Å². The van der Waals surface area contributed by atoms with Crippen molar-refractivity contribution in [1.29, 1.82) is 0 Å². The predicted molar refractivity (Wildman–Crippen MR) is 105 cm³/mol. The van der Waals surface area contributed by atoms with Gasteiger partial charge in [0.25, 0.3) is 5.88 Å². The Kier molecular flexibility index (Phi) is 4.91. The van der Waals surface area contributed by atoms with Crippen LogP contribution < -0.4 is 4.74 Å². The van der Waals surface area contributed by atoms with Gasteiger partial charge in [-0.05, 0) is 55.6 Å². The maximum atomic E-state index is 13.1. The van der Waals surface area contributed by atoms with Crippen LogP contribution in [-0.2, 0) is 11.2 Å². The standard InChI is InChI=1S/C22H31N3O3/c1-27-20-13-18(28-23-20)7-8-21(26)25-10-4-5-15-11-16-12-17(22(15)25)14-24-9-3-2-6-19(16)24/h11,13,16-17,19,22H,2-10,12,14H2,1H3/t16-,17-,19-,22-/m0/s1. The van der Waals surface area contributed by atoms with E-state index >= 15 is 0 Å². The van der Waals surface area contributed by atoms with E-state index in [1.165, 1.54) is 45.2 Å². The molecule has 28 heavy (non-hydrogen) atoms. The zero-order chi connectivity index (χ0) is 19.1. The molecule has 1 amide bonds. The number of carbonyl (C=O) groups is 1. The molecule has 3 saturated heterocycles. The Morgan fingerprint density at radius 1 is 1.32 bits per heavy atom. The molecule has 0 unspecified atom stereocenters. The van der Waals surface area contributed by atoms with Gasteiger partial charge in [-0.3, -0.25) is 9.69 Å². The van der Waals surface area contributed by atoms with Gasteiger partial charge in [0, 0.05) is 38.0 Å². The third-order valence-electron chi connectivity index (χ3n) is 7.31. The number of hydrogen-bond acceptors (Lipinski definition) is 5. The first-order valence-electron chi connectivity index (χ1n) is 11.0. The average Bonchev–Trinajstić information content (AvgIpc) is 3.20. The number of hydrogen-bond donors (Lipinski definition) is 0. The van der Waals surface area contributed by atoms with E-state index in [0.29, 0.717) is 36.6 Å². The molecule has 4 aliphatic rings. The van der Waals surface area contributed by atoms with Gasteiger partial charge in [0.2, 0.25) is 5.91 Å². The van der Waals surface area contributed by atoms with E-state index in [4.69, 9.17) is 9.26 Å². The minimum absolute atomic E-state index is 0.255. The monoisotopic (exact) mass is 385 g/mol. The van der Waals surface area contributed by atoms with E-state index in [-0.39, 0.29) is 5.91 Å². The minimum Gasteiger partial charge on any atom is -0.479 e. The summed E-state index contributed by atoms with van der Waals surface area (Å²) < 4.78 is 10.3. The molecule has 3 aliphatic heterocycles. The van der Waals surface area contributed by atoms with Gasteiger partial charge in [0.1, 0.15) is 5.76 Å². The fourth-order valence-electron chi connectivity index (χ4n) is 6.13. The first-order chi connectivity index (χ1) is 13.7. The van der Waals surface area contributed by atoms with Gasteiger partial charge < -0.3 is 14.2 Å². The Morgan fingerprint density at radius 2 is 2.25 bits per heavy atom. The van der Waals surface area contributed by atoms with Crippen LogP contribution in [0, 0.1) is 11.8 Å². The van der Waals surface area contributed by atoms with Crippen LogP contribution in [0.5, 0.6) is 5.88 Å². The molecule has 1 aromatic heterocycles. The van der Waals surface area contributed by atoms with Gasteiger partial charge >= 0.3 is 0 Å². The van der Waals surface area contributed by atoms with Gasteiger partial charge in [0.15, 0.2) is 0 Å². The minimum atomic E-state index is 0.255. The van der Waals surface area contributed by atoms with Crippen molar-refractivity contribution in [3.8, 4) is 5.88 Å². The SMILES string of the molecule is COc1cc(CCC(=O)N2CCCC3=C[C@H]4C[C@@H](CN5CCCC[C@@H]45)[C@H]32)on1. The number of rotatable bonds is 4. The Balaban J connectivity index is 1.30. The normalized spacial score (nSPS) is 32.3. The second kappa shape index (κ2) is 7.54. The van der Waals surface area contributed by atoms with Gasteiger partial charge in [-0.25, -0.2) is 0 Å². The molecule has 0 aromatic carbocycles. The molecule has 2 bridgehead atoms. The lowest BCUT2D eigenvalue weighted by Gasteiger charge is -2.54. The molecule has 4 atom stereocenters. The summed E-state index contributed by atoms with van der Waals surface area (Å²) >= 11 is 0. The lowest BCUT2D eigenvalue weighted by Crippen LogP contribution is -2.60. The number of aryl methyl sites for hydroxylation is 1. The highest BCUT2D eigenvalue weighted by Gasteiger charge is 2.46. The molecule has 0 radical (unpaired) electrons. The molecule has 1 aromatic rings. The lowest BCUT2D eigenvalue weighted by molar-refractivity contribution is -0.136. The van der Waals surface area contributed by atoms with E-state index in [1.807, 2.05) is 0 Å². The number of ether oxygens (including phenoxy) is 1. The summed E-state index contributed by atoms with van der Waals surface area (Å²) in [6.07, 6.45) is 11.2. The van der Waals surface area contributed by atoms with Crippen LogP contribution in [0.1, 0.15) is 50.7 Å². The molecule has 0 spiro atoms. The number of nitrogens with zero attached hydrogens (tertiary/aromatic N) is 3. The van der Waals surface area contributed by atoms with Crippen molar-refractivity contribution in [2.45, 2.75) is 63.5 Å². The number of methoxy groups -OCH3 is 1. The van der Waals surface area contributed by atoms with Crippen molar-refractivity contribution in [2.75, 3.05) is 26.7 Å². The number of fused-ring (bicyclic) bond motifs is 6. The zero-order valence-electron chi connectivity index (χ0n) is 16.8. The Bertz CT molecular complexity index is 758. The summed E-state index contributed by atoms with van der Waals surface area (Å²) in [5, 5.41) is 3.83. The second-order valence-corrected chi connectivity index (χ2v) is 8.93. The summed E-state index contributed by atoms with van der Waals surface area (Å²) in [5.41, 5.74) is 1.55. The smallest absolute Gasteiger partial charge is 0.254 e. The fourth-order valence-corrected chi connectivity index (χ4v) is 6.13. The van der Waals surface area contributed by atoms with E-state index in [2.05, 4.69) is 21.0 Å². The summed E-state index contributed by atoms with van der Waals surface area (Å²) in [6, 6.07) is 2.85. The van der Waals surface area contributed by atoms with E-state index in [0.717, 1.165) is 24.8 Å². The van der Waals surface area contributed by atoms with Crippen molar-refractivity contribution in [2.24, 2.45) is 11.8 Å². The Morgan fingerprint density at radius 3 is 3.11 bits per heavy atom. The van der Waals surface area contributed by atoms with Crippen LogP contribution in [-0.4, -0.2) is 59.7 Å². The first kappa shape index (κ1) is 18.2. The molecule has 3 fully saturated rings. The first-order valence-corrected chi connectivity index (χ1v) is 11.0. The highest BCUT2D eigenvalue weighted by atomic mass is 16.5. The van der Waals surface area contributed by atoms with Gasteiger partial charge in [0.05, 0.1) is 13.2 Å². The number of amides is 1. The topological polar surface area (TPSA) is 58.8 Å². The molecule has 152 valence electrons. The van der Waals surface area contributed by atoms with Crippen LogP contribution in [0.2, 0.25) is 0 Å².